The number of hydrogen-bond donors (Lipinski definition) is 2. The van der Waals surface area contributed by atoms with Crippen LogP contribution in [0.1, 0.15) is 54.5 Å². The Hall–Kier alpha value is -1.98. The lowest BCUT2D eigenvalue weighted by Crippen LogP contribution is -2.48. The third kappa shape index (κ3) is 4.37. The van der Waals surface area contributed by atoms with E-state index in [0.29, 0.717) is 19.3 Å². The van der Waals surface area contributed by atoms with Crippen molar-refractivity contribution in [2.45, 2.75) is 49.9 Å². The van der Waals surface area contributed by atoms with Crippen LogP contribution in [0.25, 0.3) is 0 Å². The zero-order valence-electron chi connectivity index (χ0n) is 17.4. The van der Waals surface area contributed by atoms with E-state index in [1.807, 2.05) is 78.2 Å². The highest BCUT2D eigenvalue weighted by molar-refractivity contribution is 7.10. The van der Waals surface area contributed by atoms with Gasteiger partial charge in [-0.1, -0.05) is 73.2 Å². The number of aliphatic hydroxyl groups is 2. The standard InChI is InChI=1S/C26H31NO2S/c28-25(22-12-4-1-5-13-22,23-14-6-2-7-15-23)17-11-18-26(29,24-16-10-21-30-24)27-19-8-3-9-20-27/h1-2,4-7,10,12-16,21,28-29H,3,8-9,11,17-20H2. The van der Waals surface area contributed by atoms with Crippen molar-refractivity contribution >= 4 is 11.3 Å². The molecular weight excluding hydrogens is 390 g/mol. The summed E-state index contributed by atoms with van der Waals surface area (Å²) in [6.45, 7) is 1.85. The Kier molecular flexibility index (Phi) is 6.69. The molecule has 4 heteroatoms. The van der Waals surface area contributed by atoms with Gasteiger partial charge >= 0.3 is 0 Å². The molecule has 1 saturated heterocycles. The Balaban J connectivity index is 1.57. The molecule has 30 heavy (non-hydrogen) atoms. The summed E-state index contributed by atoms with van der Waals surface area (Å²) in [4.78, 5) is 3.25. The Labute approximate surface area is 183 Å². The molecule has 1 unspecified atom stereocenters. The lowest BCUT2D eigenvalue weighted by atomic mass is 9.81. The van der Waals surface area contributed by atoms with Crippen LogP contribution in [-0.2, 0) is 11.3 Å². The second kappa shape index (κ2) is 9.44. The normalized spacial score (nSPS) is 17.5. The smallest absolute Gasteiger partial charge is 0.153 e. The van der Waals surface area contributed by atoms with Gasteiger partial charge in [0, 0.05) is 13.1 Å². The van der Waals surface area contributed by atoms with Gasteiger partial charge in [-0.25, -0.2) is 0 Å². The fraction of sp³-hybridized carbons (Fsp3) is 0.385. The summed E-state index contributed by atoms with van der Waals surface area (Å²) in [6.07, 6.45) is 5.37. The topological polar surface area (TPSA) is 43.7 Å². The molecule has 1 aliphatic rings. The maximum absolute atomic E-state index is 11.8. The quantitative estimate of drug-likeness (QED) is 0.506. The molecule has 1 fully saturated rings. The van der Waals surface area contributed by atoms with Crippen molar-refractivity contribution in [2.24, 2.45) is 0 Å². The molecule has 0 amide bonds. The minimum absolute atomic E-state index is 0.558. The highest BCUT2D eigenvalue weighted by Crippen LogP contribution is 2.40. The molecule has 0 radical (unpaired) electrons. The molecule has 1 atom stereocenters. The van der Waals surface area contributed by atoms with E-state index in [9.17, 15) is 10.2 Å². The van der Waals surface area contributed by atoms with E-state index in [1.54, 1.807) is 11.3 Å². The van der Waals surface area contributed by atoms with Crippen LogP contribution in [0.2, 0.25) is 0 Å². The summed E-state index contributed by atoms with van der Waals surface area (Å²) in [6, 6.07) is 23.8. The van der Waals surface area contributed by atoms with E-state index < -0.39 is 11.3 Å². The van der Waals surface area contributed by atoms with E-state index in [1.165, 1.54) is 6.42 Å². The van der Waals surface area contributed by atoms with Crippen LogP contribution >= 0.6 is 11.3 Å². The van der Waals surface area contributed by atoms with Crippen molar-refractivity contribution in [1.82, 2.24) is 4.90 Å². The first-order valence-corrected chi connectivity index (χ1v) is 11.9. The summed E-state index contributed by atoms with van der Waals surface area (Å²) in [5.74, 6) is 0. The fourth-order valence-corrected chi connectivity index (χ4v) is 5.56. The van der Waals surface area contributed by atoms with Crippen LogP contribution in [0.4, 0.5) is 0 Å². The Morgan fingerprint density at radius 2 is 1.33 bits per heavy atom. The minimum Gasteiger partial charge on any atom is -0.380 e. The van der Waals surface area contributed by atoms with Crippen LogP contribution in [0.3, 0.4) is 0 Å². The molecule has 1 aliphatic heterocycles. The Morgan fingerprint density at radius 3 is 1.87 bits per heavy atom. The van der Waals surface area contributed by atoms with Crippen molar-refractivity contribution in [3.8, 4) is 0 Å². The number of hydrogen-bond acceptors (Lipinski definition) is 4. The highest BCUT2D eigenvalue weighted by Gasteiger charge is 2.39. The number of thiophene rings is 1. The fourth-order valence-electron chi connectivity index (χ4n) is 4.68. The third-order valence-corrected chi connectivity index (χ3v) is 7.37. The van der Waals surface area contributed by atoms with Gasteiger partial charge in [0.15, 0.2) is 5.72 Å². The lowest BCUT2D eigenvalue weighted by molar-refractivity contribution is -0.130. The summed E-state index contributed by atoms with van der Waals surface area (Å²) >= 11 is 1.62. The first-order chi connectivity index (χ1) is 14.6. The van der Waals surface area contributed by atoms with Gasteiger partial charge in [-0.2, -0.15) is 0 Å². The SMILES string of the molecule is OC(CCCC(O)(c1cccs1)N1CCCCC1)(c1ccccc1)c1ccccc1. The molecule has 2 heterocycles. The molecule has 4 rings (SSSR count). The number of piperidine rings is 1. The summed E-state index contributed by atoms with van der Waals surface area (Å²) < 4.78 is 0. The van der Waals surface area contributed by atoms with Gasteiger partial charge < -0.3 is 10.2 Å². The molecular formula is C26H31NO2S. The maximum Gasteiger partial charge on any atom is 0.153 e. The maximum atomic E-state index is 11.8. The Morgan fingerprint density at radius 1 is 0.733 bits per heavy atom. The van der Waals surface area contributed by atoms with Gasteiger partial charge in [0.2, 0.25) is 0 Å². The molecule has 2 N–H and O–H groups in total. The first-order valence-electron chi connectivity index (χ1n) is 11.0. The highest BCUT2D eigenvalue weighted by atomic mass is 32.1. The Bertz CT molecular complexity index is 852. The number of benzene rings is 2. The van der Waals surface area contributed by atoms with Crippen LogP contribution in [0, 0.1) is 0 Å². The second-order valence-electron chi connectivity index (χ2n) is 8.29. The first kappa shape index (κ1) is 21.3. The van der Waals surface area contributed by atoms with Gasteiger partial charge in [-0.15, -0.1) is 11.3 Å². The van der Waals surface area contributed by atoms with Crippen LogP contribution < -0.4 is 0 Å². The van der Waals surface area contributed by atoms with Crippen LogP contribution in [0.15, 0.2) is 78.2 Å². The molecule has 2 aromatic carbocycles. The predicted molar refractivity (Wildman–Crippen MR) is 123 cm³/mol. The average molecular weight is 422 g/mol. The molecule has 3 aromatic rings. The summed E-state index contributed by atoms with van der Waals surface area (Å²) in [5.41, 5.74) is -0.230. The van der Waals surface area contributed by atoms with Gasteiger partial charge in [-0.3, -0.25) is 4.90 Å². The van der Waals surface area contributed by atoms with Crippen LogP contribution in [-0.4, -0.2) is 28.2 Å². The van der Waals surface area contributed by atoms with E-state index in [0.717, 1.165) is 41.9 Å². The number of rotatable bonds is 8. The molecule has 0 spiro atoms. The molecule has 0 bridgehead atoms. The monoisotopic (exact) mass is 421 g/mol. The van der Waals surface area contributed by atoms with E-state index in [4.69, 9.17) is 0 Å². The second-order valence-corrected chi connectivity index (χ2v) is 9.24. The van der Waals surface area contributed by atoms with Crippen molar-refractivity contribution in [1.29, 1.82) is 0 Å². The molecule has 158 valence electrons. The number of nitrogens with zero attached hydrogens (tertiary/aromatic N) is 1. The zero-order valence-corrected chi connectivity index (χ0v) is 18.2. The average Bonchev–Trinajstić information content (AvgIpc) is 3.36. The molecule has 0 saturated carbocycles. The summed E-state index contributed by atoms with van der Waals surface area (Å²) in [7, 11) is 0. The predicted octanol–water partition coefficient (Wildman–Crippen LogP) is 5.49. The minimum atomic E-state index is -1.07. The molecule has 1 aromatic heterocycles. The van der Waals surface area contributed by atoms with Crippen LogP contribution in [0.5, 0.6) is 0 Å². The van der Waals surface area contributed by atoms with E-state index in [2.05, 4.69) is 4.90 Å². The molecule has 3 nitrogen and oxygen atoms in total. The van der Waals surface area contributed by atoms with Crippen molar-refractivity contribution < 1.29 is 10.2 Å². The van der Waals surface area contributed by atoms with Crippen molar-refractivity contribution in [3.63, 3.8) is 0 Å². The summed E-state index contributed by atoms with van der Waals surface area (Å²) in [5, 5.41) is 25.6. The largest absolute Gasteiger partial charge is 0.380 e. The molecule has 0 aliphatic carbocycles. The van der Waals surface area contributed by atoms with Gasteiger partial charge in [0.05, 0.1) is 4.88 Å². The number of likely N-dealkylation sites (tertiary alicyclic amines) is 1. The van der Waals surface area contributed by atoms with Crippen molar-refractivity contribution in [3.05, 3.63) is 94.2 Å². The van der Waals surface area contributed by atoms with Gasteiger partial charge in [-0.05, 0) is 54.7 Å². The van der Waals surface area contributed by atoms with E-state index in [-0.39, 0.29) is 0 Å². The lowest BCUT2D eigenvalue weighted by Gasteiger charge is -2.42. The zero-order chi connectivity index (χ0) is 20.9. The van der Waals surface area contributed by atoms with Gasteiger partial charge in [0.1, 0.15) is 5.60 Å². The van der Waals surface area contributed by atoms with Crippen molar-refractivity contribution in [2.75, 3.05) is 13.1 Å². The van der Waals surface area contributed by atoms with E-state index >= 15 is 0 Å². The third-order valence-electron chi connectivity index (χ3n) is 6.36. The van der Waals surface area contributed by atoms with Gasteiger partial charge in [0.25, 0.3) is 0 Å².